The van der Waals surface area contributed by atoms with E-state index < -0.39 is 0 Å². The third-order valence-electron chi connectivity index (χ3n) is 2.68. The van der Waals surface area contributed by atoms with E-state index in [0.29, 0.717) is 11.5 Å². The quantitative estimate of drug-likeness (QED) is 0.895. The molecule has 0 aliphatic carbocycles. The summed E-state index contributed by atoms with van der Waals surface area (Å²) >= 11 is 0. The second kappa shape index (κ2) is 5.64. The van der Waals surface area contributed by atoms with Crippen LogP contribution in [0.1, 0.15) is 18.9 Å². The van der Waals surface area contributed by atoms with Crippen LogP contribution >= 0.6 is 0 Å². The third-order valence-corrected chi connectivity index (χ3v) is 2.68. The van der Waals surface area contributed by atoms with Gasteiger partial charge in [-0.2, -0.15) is 0 Å². The van der Waals surface area contributed by atoms with Crippen LogP contribution in [0.4, 0.5) is 4.39 Å². The van der Waals surface area contributed by atoms with Gasteiger partial charge in [0.15, 0.2) is 5.82 Å². The van der Waals surface area contributed by atoms with E-state index >= 15 is 0 Å². The molecule has 4 nitrogen and oxygen atoms in total. The van der Waals surface area contributed by atoms with E-state index in [1.807, 2.05) is 6.92 Å². The lowest BCUT2D eigenvalue weighted by molar-refractivity contribution is 0.621. The van der Waals surface area contributed by atoms with E-state index in [1.54, 1.807) is 18.5 Å². The topological polar surface area (TPSA) is 64.7 Å². The van der Waals surface area contributed by atoms with E-state index in [4.69, 9.17) is 5.73 Å². The lowest BCUT2D eigenvalue weighted by Crippen LogP contribution is -2.21. The van der Waals surface area contributed by atoms with Gasteiger partial charge in [0.1, 0.15) is 11.5 Å². The number of rotatable bonds is 4. The molecule has 94 valence electrons. The molecule has 2 aromatic rings. The zero-order valence-corrected chi connectivity index (χ0v) is 10.2. The number of pyridine rings is 1. The Bertz CT molecular complexity index is 495. The molecule has 0 saturated heterocycles. The number of halogens is 1. The molecule has 1 atom stereocenters. The first kappa shape index (κ1) is 12.6. The lowest BCUT2D eigenvalue weighted by atomic mass is 10.1. The number of hydrogen-bond acceptors (Lipinski definition) is 4. The van der Waals surface area contributed by atoms with Crippen LogP contribution in [-0.4, -0.2) is 21.0 Å². The normalized spacial score (nSPS) is 12.4. The molecule has 0 bridgehead atoms. The number of aromatic nitrogens is 3. The molecule has 2 rings (SSSR count). The van der Waals surface area contributed by atoms with E-state index in [2.05, 4.69) is 15.0 Å². The molecular weight excluding hydrogens is 231 g/mol. The molecule has 0 radical (unpaired) electrons. The van der Waals surface area contributed by atoms with Crippen molar-refractivity contribution in [2.24, 2.45) is 5.73 Å². The Morgan fingerprint density at radius 2 is 1.89 bits per heavy atom. The van der Waals surface area contributed by atoms with Gasteiger partial charge in [-0.3, -0.25) is 0 Å². The predicted molar refractivity (Wildman–Crippen MR) is 67.2 cm³/mol. The Labute approximate surface area is 105 Å². The molecule has 5 heteroatoms. The minimum Gasteiger partial charge on any atom is -0.327 e. The van der Waals surface area contributed by atoms with Crippen molar-refractivity contribution in [2.45, 2.75) is 25.8 Å². The van der Waals surface area contributed by atoms with Gasteiger partial charge in [-0.1, -0.05) is 6.92 Å². The zero-order valence-electron chi connectivity index (χ0n) is 10.2. The first-order chi connectivity index (χ1) is 8.69. The van der Waals surface area contributed by atoms with E-state index in [1.165, 1.54) is 6.07 Å². The van der Waals surface area contributed by atoms with Crippen LogP contribution in [0.15, 0.2) is 30.7 Å². The van der Waals surface area contributed by atoms with Gasteiger partial charge < -0.3 is 5.73 Å². The molecule has 0 aliphatic heterocycles. The molecule has 0 amide bonds. The molecule has 0 saturated carbocycles. The molecule has 0 aromatic carbocycles. The fourth-order valence-corrected chi connectivity index (χ4v) is 1.55. The maximum Gasteiger partial charge on any atom is 0.178 e. The summed E-state index contributed by atoms with van der Waals surface area (Å²) in [5.74, 6) is 0.119. The van der Waals surface area contributed by atoms with Crippen LogP contribution in [0.3, 0.4) is 0 Å². The SMILES string of the molecule is CCC(N)Cc1cnc(-c2ccc(F)cn2)nc1. The van der Waals surface area contributed by atoms with Crippen molar-refractivity contribution in [2.75, 3.05) is 0 Å². The Balaban J connectivity index is 2.14. The molecule has 0 spiro atoms. The van der Waals surface area contributed by atoms with Gasteiger partial charge >= 0.3 is 0 Å². The fourth-order valence-electron chi connectivity index (χ4n) is 1.55. The van der Waals surface area contributed by atoms with Crippen LogP contribution in [0.25, 0.3) is 11.5 Å². The summed E-state index contributed by atoms with van der Waals surface area (Å²) in [5, 5.41) is 0. The Hall–Kier alpha value is -1.88. The molecule has 18 heavy (non-hydrogen) atoms. The van der Waals surface area contributed by atoms with Crippen molar-refractivity contribution in [3.63, 3.8) is 0 Å². The average Bonchev–Trinajstić information content (AvgIpc) is 2.40. The van der Waals surface area contributed by atoms with Crippen LogP contribution in [0, 0.1) is 5.82 Å². The molecule has 0 aliphatic rings. The van der Waals surface area contributed by atoms with Gasteiger partial charge in [0.05, 0.1) is 6.20 Å². The minimum absolute atomic E-state index is 0.128. The summed E-state index contributed by atoms with van der Waals surface area (Å²) in [6.45, 7) is 2.04. The highest BCUT2D eigenvalue weighted by Crippen LogP contribution is 2.12. The predicted octanol–water partition coefficient (Wildman–Crippen LogP) is 1.96. The molecule has 0 fully saturated rings. The van der Waals surface area contributed by atoms with E-state index in [9.17, 15) is 4.39 Å². The molecule has 2 aromatic heterocycles. The van der Waals surface area contributed by atoms with Crippen LogP contribution < -0.4 is 5.73 Å². The number of hydrogen-bond donors (Lipinski definition) is 1. The Morgan fingerprint density at radius 1 is 1.17 bits per heavy atom. The summed E-state index contributed by atoms with van der Waals surface area (Å²) in [7, 11) is 0. The summed E-state index contributed by atoms with van der Waals surface area (Å²) in [4.78, 5) is 12.4. The summed E-state index contributed by atoms with van der Waals surface area (Å²) in [5.41, 5.74) is 7.41. The zero-order chi connectivity index (χ0) is 13.0. The van der Waals surface area contributed by atoms with Gasteiger partial charge in [-0.15, -0.1) is 0 Å². The van der Waals surface area contributed by atoms with Crippen LogP contribution in [-0.2, 0) is 6.42 Å². The minimum atomic E-state index is -0.371. The fraction of sp³-hybridized carbons (Fsp3) is 0.308. The summed E-state index contributed by atoms with van der Waals surface area (Å²) in [6, 6.07) is 3.03. The lowest BCUT2D eigenvalue weighted by Gasteiger charge is -2.07. The largest absolute Gasteiger partial charge is 0.327 e. The van der Waals surface area contributed by atoms with E-state index in [-0.39, 0.29) is 11.9 Å². The summed E-state index contributed by atoms with van der Waals surface area (Å²) in [6.07, 6.45) is 6.31. The second-order valence-electron chi connectivity index (χ2n) is 4.15. The number of nitrogens with two attached hydrogens (primary N) is 1. The highest BCUT2D eigenvalue weighted by atomic mass is 19.1. The van der Waals surface area contributed by atoms with Gasteiger partial charge in [-0.05, 0) is 30.5 Å². The maximum atomic E-state index is 12.7. The third kappa shape index (κ3) is 3.07. The van der Waals surface area contributed by atoms with Crippen molar-refractivity contribution in [1.82, 2.24) is 15.0 Å². The van der Waals surface area contributed by atoms with Crippen LogP contribution in [0.2, 0.25) is 0 Å². The second-order valence-corrected chi connectivity index (χ2v) is 4.15. The van der Waals surface area contributed by atoms with Crippen molar-refractivity contribution < 1.29 is 4.39 Å². The average molecular weight is 246 g/mol. The van der Waals surface area contributed by atoms with Crippen LogP contribution in [0.5, 0.6) is 0 Å². The van der Waals surface area contributed by atoms with E-state index in [0.717, 1.165) is 24.6 Å². The summed E-state index contributed by atoms with van der Waals surface area (Å²) < 4.78 is 12.7. The van der Waals surface area contributed by atoms with Gasteiger partial charge in [0, 0.05) is 18.4 Å². The molecule has 2 heterocycles. The Kier molecular flexibility index (Phi) is 3.94. The highest BCUT2D eigenvalue weighted by molar-refractivity contribution is 5.47. The first-order valence-corrected chi connectivity index (χ1v) is 5.87. The first-order valence-electron chi connectivity index (χ1n) is 5.87. The highest BCUT2D eigenvalue weighted by Gasteiger charge is 2.05. The Morgan fingerprint density at radius 3 is 2.44 bits per heavy atom. The van der Waals surface area contributed by atoms with Crippen molar-refractivity contribution in [3.8, 4) is 11.5 Å². The number of nitrogens with zero attached hydrogens (tertiary/aromatic N) is 3. The van der Waals surface area contributed by atoms with Crippen molar-refractivity contribution >= 4 is 0 Å². The monoisotopic (exact) mass is 246 g/mol. The molecule has 1 unspecified atom stereocenters. The smallest absolute Gasteiger partial charge is 0.178 e. The van der Waals surface area contributed by atoms with Gasteiger partial charge in [0.25, 0.3) is 0 Å². The van der Waals surface area contributed by atoms with Crippen molar-refractivity contribution in [1.29, 1.82) is 0 Å². The molecule has 2 N–H and O–H groups in total. The van der Waals surface area contributed by atoms with Crippen molar-refractivity contribution in [3.05, 3.63) is 42.1 Å². The van der Waals surface area contributed by atoms with Gasteiger partial charge in [0.2, 0.25) is 0 Å². The molecular formula is C13H15FN4. The van der Waals surface area contributed by atoms with Gasteiger partial charge in [-0.25, -0.2) is 19.3 Å². The standard InChI is InChI=1S/C13H15FN4/c1-2-11(15)5-9-6-17-13(18-7-9)12-4-3-10(14)8-16-12/h3-4,6-8,11H,2,5,15H2,1H3. The maximum absolute atomic E-state index is 12.7.